The average molecular weight is 365 g/mol. The van der Waals surface area contributed by atoms with Gasteiger partial charge < -0.3 is 10.1 Å². The Morgan fingerprint density at radius 3 is 2.30 bits per heavy atom. The van der Waals surface area contributed by atoms with Crippen LogP contribution in [0.15, 0.2) is 67.0 Å². The number of carbonyl (C=O) groups is 2. The summed E-state index contributed by atoms with van der Waals surface area (Å²) in [7, 11) is 0. The van der Waals surface area contributed by atoms with Crippen molar-refractivity contribution in [3.05, 3.63) is 78.1 Å². The summed E-state index contributed by atoms with van der Waals surface area (Å²) < 4.78 is 6.54. The summed E-state index contributed by atoms with van der Waals surface area (Å²) in [6.45, 7) is -0.0605. The summed E-state index contributed by atoms with van der Waals surface area (Å²) in [5.74, 6) is -0.870. The van der Waals surface area contributed by atoms with Gasteiger partial charge in [-0.05, 0) is 21.6 Å². The van der Waals surface area contributed by atoms with Gasteiger partial charge in [-0.2, -0.15) is 0 Å². The number of ether oxygens (including phenoxy) is 1. The molecule has 8 heteroatoms. The molecule has 0 fully saturated rings. The molecule has 8 nitrogen and oxygen atoms in total. The molecule has 138 valence electrons. The zero-order valence-electron chi connectivity index (χ0n) is 14.6. The predicted octanol–water partition coefficient (Wildman–Crippen LogP) is 1.32. The van der Waals surface area contributed by atoms with Crippen LogP contribution >= 0.6 is 0 Å². The Morgan fingerprint density at radius 2 is 1.67 bits per heavy atom. The second kappa shape index (κ2) is 9.23. The predicted molar refractivity (Wildman–Crippen MR) is 96.2 cm³/mol. The third-order valence-corrected chi connectivity index (χ3v) is 3.91. The first kappa shape index (κ1) is 18.2. The highest BCUT2D eigenvalue weighted by Crippen LogP contribution is 2.13. The molecule has 0 aliphatic heterocycles. The monoisotopic (exact) mass is 365 g/mol. The maximum absolute atomic E-state index is 12.6. The molecule has 1 heterocycles. The molecule has 0 saturated heterocycles. The summed E-state index contributed by atoms with van der Waals surface area (Å²) >= 11 is 0. The molecule has 1 unspecified atom stereocenters. The van der Waals surface area contributed by atoms with Crippen molar-refractivity contribution in [1.29, 1.82) is 0 Å². The van der Waals surface area contributed by atoms with Crippen LogP contribution in [0.5, 0.6) is 0 Å². The molecular formula is C19H19N5O3. The van der Waals surface area contributed by atoms with Crippen LogP contribution < -0.4 is 5.32 Å². The number of hydrogen-bond donors (Lipinski definition) is 1. The maximum atomic E-state index is 12.6. The fraction of sp³-hybridized carbons (Fsp3) is 0.211. The summed E-state index contributed by atoms with van der Waals surface area (Å²) in [4.78, 5) is 24.5. The molecule has 1 N–H and O–H groups in total. The van der Waals surface area contributed by atoms with E-state index in [1.165, 1.54) is 11.0 Å². The summed E-state index contributed by atoms with van der Waals surface area (Å²) in [5.41, 5.74) is 1.84. The van der Waals surface area contributed by atoms with E-state index < -0.39 is 12.0 Å². The number of aromatic nitrogens is 4. The molecular weight excluding hydrogens is 346 g/mol. The Morgan fingerprint density at radius 1 is 1.00 bits per heavy atom. The lowest BCUT2D eigenvalue weighted by Gasteiger charge is -2.16. The van der Waals surface area contributed by atoms with Crippen LogP contribution in [0.4, 0.5) is 0 Å². The van der Waals surface area contributed by atoms with E-state index in [0.29, 0.717) is 6.42 Å². The van der Waals surface area contributed by atoms with E-state index >= 15 is 0 Å². The van der Waals surface area contributed by atoms with Gasteiger partial charge in [0.2, 0.25) is 5.91 Å². The Hall–Kier alpha value is -3.55. The van der Waals surface area contributed by atoms with Crippen molar-refractivity contribution in [3.8, 4) is 0 Å². The van der Waals surface area contributed by atoms with E-state index in [2.05, 4.69) is 20.8 Å². The lowest BCUT2D eigenvalue weighted by molar-refractivity contribution is -0.145. The maximum Gasteiger partial charge on any atom is 0.325 e. The molecule has 0 spiro atoms. The van der Waals surface area contributed by atoms with Crippen LogP contribution in [-0.4, -0.2) is 38.6 Å². The number of nitrogens with zero attached hydrogens (tertiary/aromatic N) is 4. The van der Waals surface area contributed by atoms with Gasteiger partial charge in [-0.15, -0.1) is 5.10 Å². The van der Waals surface area contributed by atoms with E-state index in [0.717, 1.165) is 11.1 Å². The number of esters is 1. The van der Waals surface area contributed by atoms with Gasteiger partial charge in [-0.1, -0.05) is 60.7 Å². The fourth-order valence-corrected chi connectivity index (χ4v) is 2.52. The van der Waals surface area contributed by atoms with Gasteiger partial charge in [0.15, 0.2) is 0 Å². The number of rotatable bonds is 8. The fourth-order valence-electron chi connectivity index (χ4n) is 2.52. The van der Waals surface area contributed by atoms with Gasteiger partial charge in [0.05, 0.1) is 0 Å². The van der Waals surface area contributed by atoms with Crippen molar-refractivity contribution in [3.63, 3.8) is 0 Å². The third-order valence-electron chi connectivity index (χ3n) is 3.91. The highest BCUT2D eigenvalue weighted by molar-refractivity contribution is 5.84. The first-order valence-corrected chi connectivity index (χ1v) is 8.46. The molecule has 0 bridgehead atoms. The lowest BCUT2D eigenvalue weighted by atomic mass is 10.1. The normalized spacial score (nSPS) is 11.6. The van der Waals surface area contributed by atoms with Crippen molar-refractivity contribution in [1.82, 2.24) is 25.5 Å². The van der Waals surface area contributed by atoms with Gasteiger partial charge >= 0.3 is 5.97 Å². The van der Waals surface area contributed by atoms with E-state index in [1.807, 2.05) is 60.7 Å². The summed E-state index contributed by atoms with van der Waals surface area (Å²) in [6, 6.07) is 18.2. The van der Waals surface area contributed by atoms with Crippen LogP contribution in [0.2, 0.25) is 0 Å². The SMILES string of the molecule is O=C(CNC(=O)C(Cc1ccccc1)n1cnnn1)OCc1ccccc1. The van der Waals surface area contributed by atoms with Crippen molar-refractivity contribution in [2.24, 2.45) is 0 Å². The minimum atomic E-state index is -0.663. The molecule has 2 aromatic carbocycles. The Labute approximate surface area is 156 Å². The lowest BCUT2D eigenvalue weighted by Crippen LogP contribution is -2.37. The zero-order chi connectivity index (χ0) is 18.9. The van der Waals surface area contributed by atoms with Crippen LogP contribution in [0, 0.1) is 0 Å². The first-order valence-electron chi connectivity index (χ1n) is 8.46. The second-order valence-electron chi connectivity index (χ2n) is 5.86. The topological polar surface area (TPSA) is 99.0 Å². The average Bonchev–Trinajstić information content (AvgIpc) is 3.25. The van der Waals surface area contributed by atoms with Gasteiger partial charge in [0.1, 0.15) is 25.5 Å². The molecule has 0 radical (unpaired) electrons. The van der Waals surface area contributed by atoms with Crippen molar-refractivity contribution in [2.45, 2.75) is 19.1 Å². The minimum absolute atomic E-state index is 0.163. The van der Waals surface area contributed by atoms with E-state index in [4.69, 9.17) is 4.74 Å². The van der Waals surface area contributed by atoms with E-state index in [1.54, 1.807) is 0 Å². The number of amides is 1. The third kappa shape index (κ3) is 5.46. The highest BCUT2D eigenvalue weighted by atomic mass is 16.5. The molecule has 27 heavy (non-hydrogen) atoms. The Bertz CT molecular complexity index is 854. The number of tetrazole rings is 1. The molecule has 3 rings (SSSR count). The largest absolute Gasteiger partial charge is 0.460 e. The number of benzene rings is 2. The number of nitrogens with one attached hydrogen (secondary N) is 1. The van der Waals surface area contributed by atoms with Gasteiger partial charge in [0, 0.05) is 6.42 Å². The smallest absolute Gasteiger partial charge is 0.325 e. The Balaban J connectivity index is 1.55. The van der Waals surface area contributed by atoms with Crippen LogP contribution in [0.1, 0.15) is 17.2 Å². The van der Waals surface area contributed by atoms with Crippen LogP contribution in [0.25, 0.3) is 0 Å². The van der Waals surface area contributed by atoms with Crippen LogP contribution in [-0.2, 0) is 27.4 Å². The van der Waals surface area contributed by atoms with Crippen molar-refractivity contribution < 1.29 is 14.3 Å². The summed E-state index contributed by atoms with van der Waals surface area (Å²) in [6.07, 6.45) is 1.78. The van der Waals surface area contributed by atoms with E-state index in [-0.39, 0.29) is 19.1 Å². The molecule has 1 atom stereocenters. The molecule has 1 amide bonds. The van der Waals surface area contributed by atoms with Crippen molar-refractivity contribution in [2.75, 3.05) is 6.54 Å². The Kier molecular flexibility index (Phi) is 6.24. The van der Waals surface area contributed by atoms with Gasteiger partial charge in [-0.3, -0.25) is 9.59 Å². The molecule has 3 aromatic rings. The van der Waals surface area contributed by atoms with Crippen molar-refractivity contribution >= 4 is 11.9 Å². The van der Waals surface area contributed by atoms with Gasteiger partial charge in [-0.25, -0.2) is 4.68 Å². The quantitative estimate of drug-likeness (QED) is 0.605. The molecule has 0 saturated carbocycles. The first-order chi connectivity index (χ1) is 13.2. The molecule has 1 aromatic heterocycles. The summed E-state index contributed by atoms with van der Waals surface area (Å²) in [5, 5.41) is 13.6. The highest BCUT2D eigenvalue weighted by Gasteiger charge is 2.23. The number of carbonyl (C=O) groups excluding carboxylic acids is 2. The van der Waals surface area contributed by atoms with Gasteiger partial charge in [0.25, 0.3) is 0 Å². The standard InChI is InChI=1S/C19H19N5O3/c25-18(27-13-16-9-5-2-6-10-16)12-20-19(26)17(24-14-21-22-23-24)11-15-7-3-1-4-8-15/h1-10,14,17H,11-13H2,(H,20,26). The minimum Gasteiger partial charge on any atom is -0.460 e. The number of hydrogen-bond acceptors (Lipinski definition) is 6. The zero-order valence-corrected chi connectivity index (χ0v) is 14.6. The second-order valence-corrected chi connectivity index (χ2v) is 5.86. The molecule has 0 aliphatic rings. The van der Waals surface area contributed by atoms with E-state index in [9.17, 15) is 9.59 Å². The van der Waals surface area contributed by atoms with Crippen LogP contribution in [0.3, 0.4) is 0 Å². The molecule has 0 aliphatic carbocycles.